The van der Waals surface area contributed by atoms with Gasteiger partial charge >= 0.3 is 0 Å². The van der Waals surface area contributed by atoms with Gasteiger partial charge in [-0.15, -0.1) is 0 Å². The van der Waals surface area contributed by atoms with E-state index in [1.165, 1.54) is 23.7 Å². The molecule has 0 aromatic carbocycles. The van der Waals surface area contributed by atoms with Crippen LogP contribution in [0.3, 0.4) is 0 Å². The van der Waals surface area contributed by atoms with Crippen LogP contribution in [0.1, 0.15) is 23.5 Å². The minimum absolute atomic E-state index is 0.422. The van der Waals surface area contributed by atoms with Gasteiger partial charge in [-0.1, -0.05) is 6.07 Å². The Morgan fingerprint density at radius 2 is 1.74 bits per heavy atom. The van der Waals surface area contributed by atoms with E-state index < -0.39 is 5.95 Å². The summed E-state index contributed by atoms with van der Waals surface area (Å²) in [6.07, 6.45) is 3.32. The van der Waals surface area contributed by atoms with E-state index in [4.69, 9.17) is 4.98 Å². The molecule has 0 amide bonds. The van der Waals surface area contributed by atoms with Crippen molar-refractivity contribution in [3.63, 3.8) is 0 Å². The molecule has 2 aliphatic rings. The maximum absolute atomic E-state index is 13.3. The summed E-state index contributed by atoms with van der Waals surface area (Å²) in [7, 11) is 0. The molecule has 0 bridgehead atoms. The van der Waals surface area contributed by atoms with Gasteiger partial charge in [0.25, 0.3) is 0 Å². The summed E-state index contributed by atoms with van der Waals surface area (Å²) in [6.45, 7) is 5.37. The Bertz CT molecular complexity index is 725. The molecule has 0 spiro atoms. The number of piperazine rings is 1. The monoisotopic (exact) mass is 313 g/mol. The zero-order valence-corrected chi connectivity index (χ0v) is 13.3. The second-order valence-corrected chi connectivity index (χ2v) is 6.17. The molecule has 1 fully saturated rings. The van der Waals surface area contributed by atoms with Crippen LogP contribution in [-0.2, 0) is 12.8 Å². The van der Waals surface area contributed by atoms with Crippen molar-refractivity contribution in [2.75, 3.05) is 36.0 Å². The van der Waals surface area contributed by atoms with Crippen molar-refractivity contribution in [2.45, 2.75) is 26.2 Å². The van der Waals surface area contributed by atoms with E-state index in [9.17, 15) is 4.39 Å². The first kappa shape index (κ1) is 14.4. The van der Waals surface area contributed by atoms with E-state index in [0.29, 0.717) is 5.82 Å². The molecular weight excluding hydrogens is 293 g/mol. The van der Waals surface area contributed by atoms with Gasteiger partial charge in [-0.05, 0) is 38.3 Å². The Labute approximate surface area is 135 Å². The van der Waals surface area contributed by atoms with Crippen molar-refractivity contribution in [1.82, 2.24) is 15.0 Å². The van der Waals surface area contributed by atoms with Crippen LogP contribution in [0.25, 0.3) is 0 Å². The predicted octanol–water partition coefficient (Wildman–Crippen LogP) is 2.13. The van der Waals surface area contributed by atoms with E-state index >= 15 is 0 Å². The molecular formula is C17H20FN5. The van der Waals surface area contributed by atoms with Gasteiger partial charge in [-0.2, -0.15) is 4.39 Å². The van der Waals surface area contributed by atoms with E-state index in [0.717, 1.165) is 50.7 Å². The highest BCUT2D eigenvalue weighted by Crippen LogP contribution is 2.29. The number of halogens is 1. The molecule has 1 aliphatic carbocycles. The standard InChI is InChI=1S/C17H20FN5/c1-12-19-14-5-2-4-13(14)17(20-12)23-10-8-22(9-11-23)16-7-3-6-15(18)21-16/h3,6-7H,2,4-5,8-11H2,1H3. The van der Waals surface area contributed by atoms with Crippen LogP contribution >= 0.6 is 0 Å². The van der Waals surface area contributed by atoms with Gasteiger partial charge in [-0.25, -0.2) is 15.0 Å². The van der Waals surface area contributed by atoms with Crippen LogP contribution in [0.5, 0.6) is 0 Å². The highest BCUT2D eigenvalue weighted by atomic mass is 19.1. The number of hydrogen-bond acceptors (Lipinski definition) is 5. The van der Waals surface area contributed by atoms with Crippen LogP contribution in [0.2, 0.25) is 0 Å². The topological polar surface area (TPSA) is 45.2 Å². The number of rotatable bonds is 2. The molecule has 0 unspecified atom stereocenters. The minimum atomic E-state index is -0.422. The quantitative estimate of drug-likeness (QED) is 0.795. The van der Waals surface area contributed by atoms with Gasteiger partial charge in [0.1, 0.15) is 17.5 Å². The molecule has 0 N–H and O–H groups in total. The lowest BCUT2D eigenvalue weighted by atomic mass is 10.2. The Hall–Kier alpha value is -2.24. The van der Waals surface area contributed by atoms with Gasteiger partial charge < -0.3 is 9.80 Å². The predicted molar refractivity (Wildman–Crippen MR) is 87.4 cm³/mol. The number of aryl methyl sites for hydroxylation is 2. The van der Waals surface area contributed by atoms with E-state index in [1.54, 1.807) is 6.07 Å². The van der Waals surface area contributed by atoms with E-state index in [1.807, 2.05) is 13.0 Å². The second kappa shape index (κ2) is 5.76. The molecule has 6 heteroatoms. The molecule has 120 valence electrons. The Kier molecular flexibility index (Phi) is 3.59. The first-order valence-electron chi connectivity index (χ1n) is 8.19. The zero-order chi connectivity index (χ0) is 15.8. The van der Waals surface area contributed by atoms with E-state index in [2.05, 4.69) is 19.8 Å². The summed E-state index contributed by atoms with van der Waals surface area (Å²) in [5.41, 5.74) is 2.55. The molecule has 23 heavy (non-hydrogen) atoms. The normalized spacial score (nSPS) is 17.5. The molecule has 0 saturated carbocycles. The zero-order valence-electron chi connectivity index (χ0n) is 13.3. The lowest BCUT2D eigenvalue weighted by Crippen LogP contribution is -2.47. The summed E-state index contributed by atoms with van der Waals surface area (Å²) in [6, 6.07) is 4.96. The van der Waals surface area contributed by atoms with Crippen molar-refractivity contribution in [3.8, 4) is 0 Å². The molecule has 3 heterocycles. The van der Waals surface area contributed by atoms with Crippen LogP contribution in [0.15, 0.2) is 18.2 Å². The Morgan fingerprint density at radius 1 is 0.957 bits per heavy atom. The third kappa shape index (κ3) is 2.73. The fourth-order valence-corrected chi connectivity index (χ4v) is 3.52. The minimum Gasteiger partial charge on any atom is -0.353 e. The molecule has 1 saturated heterocycles. The first-order chi connectivity index (χ1) is 11.2. The van der Waals surface area contributed by atoms with Crippen LogP contribution in [-0.4, -0.2) is 41.1 Å². The third-order valence-corrected chi connectivity index (χ3v) is 4.63. The number of hydrogen-bond donors (Lipinski definition) is 0. The molecule has 5 nitrogen and oxygen atoms in total. The smallest absolute Gasteiger partial charge is 0.214 e. The summed E-state index contributed by atoms with van der Waals surface area (Å²) in [4.78, 5) is 17.7. The fraction of sp³-hybridized carbons (Fsp3) is 0.471. The average molecular weight is 313 g/mol. The van der Waals surface area contributed by atoms with Crippen molar-refractivity contribution in [2.24, 2.45) is 0 Å². The highest BCUT2D eigenvalue weighted by molar-refractivity contribution is 5.53. The first-order valence-corrected chi connectivity index (χ1v) is 8.19. The van der Waals surface area contributed by atoms with Crippen LogP contribution in [0.4, 0.5) is 16.0 Å². The lowest BCUT2D eigenvalue weighted by molar-refractivity contribution is 0.574. The lowest BCUT2D eigenvalue weighted by Gasteiger charge is -2.36. The molecule has 2 aromatic heterocycles. The van der Waals surface area contributed by atoms with Gasteiger partial charge in [0.2, 0.25) is 5.95 Å². The number of aromatic nitrogens is 3. The van der Waals surface area contributed by atoms with Crippen molar-refractivity contribution in [1.29, 1.82) is 0 Å². The molecule has 0 atom stereocenters. The number of pyridine rings is 1. The summed E-state index contributed by atoms with van der Waals surface area (Å²) >= 11 is 0. The Balaban J connectivity index is 1.52. The van der Waals surface area contributed by atoms with Crippen molar-refractivity contribution >= 4 is 11.6 Å². The molecule has 1 aliphatic heterocycles. The highest BCUT2D eigenvalue weighted by Gasteiger charge is 2.25. The molecule has 0 radical (unpaired) electrons. The van der Waals surface area contributed by atoms with E-state index in [-0.39, 0.29) is 0 Å². The number of anilines is 2. The summed E-state index contributed by atoms with van der Waals surface area (Å²) in [5.74, 6) is 2.26. The molecule has 2 aromatic rings. The average Bonchev–Trinajstić information content (AvgIpc) is 3.02. The summed E-state index contributed by atoms with van der Waals surface area (Å²) in [5, 5.41) is 0. The van der Waals surface area contributed by atoms with Crippen molar-refractivity contribution in [3.05, 3.63) is 41.2 Å². The van der Waals surface area contributed by atoms with Gasteiger partial charge in [0, 0.05) is 37.4 Å². The largest absolute Gasteiger partial charge is 0.353 e. The second-order valence-electron chi connectivity index (χ2n) is 6.17. The number of fused-ring (bicyclic) bond motifs is 1. The van der Waals surface area contributed by atoms with Crippen LogP contribution < -0.4 is 9.80 Å². The van der Waals surface area contributed by atoms with Crippen molar-refractivity contribution < 1.29 is 4.39 Å². The maximum Gasteiger partial charge on any atom is 0.214 e. The van der Waals surface area contributed by atoms with Gasteiger partial charge in [-0.3, -0.25) is 0 Å². The number of nitrogens with zero attached hydrogens (tertiary/aromatic N) is 5. The third-order valence-electron chi connectivity index (χ3n) is 4.63. The maximum atomic E-state index is 13.3. The SMILES string of the molecule is Cc1nc2c(c(N3CCN(c4cccc(F)n4)CC3)n1)CCC2. The summed E-state index contributed by atoms with van der Waals surface area (Å²) < 4.78 is 13.3. The fourth-order valence-electron chi connectivity index (χ4n) is 3.52. The Morgan fingerprint density at radius 3 is 2.52 bits per heavy atom. The molecule has 4 rings (SSSR count). The van der Waals surface area contributed by atoms with Gasteiger partial charge in [0.05, 0.1) is 0 Å². The van der Waals surface area contributed by atoms with Crippen LogP contribution in [0, 0.1) is 12.9 Å². The van der Waals surface area contributed by atoms with Gasteiger partial charge in [0.15, 0.2) is 0 Å².